The quantitative estimate of drug-likeness (QED) is 0.455. The Labute approximate surface area is 106 Å². The minimum Gasteiger partial charge on any atom is -0.356 e. The smallest absolute Gasteiger partial charge is 0.219 e. The van der Waals surface area contributed by atoms with Crippen molar-refractivity contribution < 1.29 is 4.79 Å². The third-order valence-corrected chi connectivity index (χ3v) is 2.81. The summed E-state index contributed by atoms with van der Waals surface area (Å²) in [6.45, 7) is 2.34. The molecule has 0 spiro atoms. The molecule has 0 aromatic carbocycles. The van der Waals surface area contributed by atoms with Gasteiger partial charge in [0.15, 0.2) is 0 Å². The monoisotopic (exact) mass is 243 g/mol. The average Bonchev–Trinajstić information content (AvgIpc) is 2.33. The Morgan fingerprint density at radius 1 is 0.765 bits per heavy atom. The van der Waals surface area contributed by atoms with E-state index >= 15 is 0 Å². The van der Waals surface area contributed by atoms with E-state index in [0.717, 1.165) is 51.7 Å². The molecule has 0 saturated carbocycles. The fourth-order valence-corrected chi connectivity index (χ4v) is 1.72. The molecule has 0 radical (unpaired) electrons. The number of carbonyl (C=O) groups excluding carboxylic acids is 1. The third kappa shape index (κ3) is 13.3. The van der Waals surface area contributed by atoms with E-state index in [-0.39, 0.29) is 5.91 Å². The Bertz CT molecular complexity index is 174. The lowest BCUT2D eigenvalue weighted by Crippen LogP contribution is -2.24. The fraction of sp³-hybridized carbons (Fsp3) is 0.923. The van der Waals surface area contributed by atoms with Gasteiger partial charge < -0.3 is 16.8 Å². The molecule has 0 heterocycles. The molecule has 0 rings (SSSR count). The van der Waals surface area contributed by atoms with Gasteiger partial charge in [-0.2, -0.15) is 0 Å². The Balaban J connectivity index is 3.11. The summed E-state index contributed by atoms with van der Waals surface area (Å²) in [5, 5.41) is 2.96. The van der Waals surface area contributed by atoms with Crippen LogP contribution in [0.5, 0.6) is 0 Å². The summed E-state index contributed by atoms with van der Waals surface area (Å²) < 4.78 is 0. The predicted octanol–water partition coefficient (Wildman–Crippen LogP) is 1.53. The van der Waals surface area contributed by atoms with Gasteiger partial charge in [0.25, 0.3) is 0 Å². The first-order valence-corrected chi connectivity index (χ1v) is 6.98. The summed E-state index contributed by atoms with van der Waals surface area (Å²) in [4.78, 5) is 11.4. The summed E-state index contributed by atoms with van der Waals surface area (Å²) in [7, 11) is 0. The van der Waals surface area contributed by atoms with E-state index in [9.17, 15) is 4.79 Å². The summed E-state index contributed by atoms with van der Waals surface area (Å²) in [5.74, 6) is 0.184. The van der Waals surface area contributed by atoms with Crippen molar-refractivity contribution in [2.24, 2.45) is 11.5 Å². The summed E-state index contributed by atoms with van der Waals surface area (Å²) >= 11 is 0. The third-order valence-electron chi connectivity index (χ3n) is 2.81. The molecular formula is C13H29N3O. The Hall–Kier alpha value is -0.610. The second-order valence-electron chi connectivity index (χ2n) is 4.51. The minimum absolute atomic E-state index is 0.184. The van der Waals surface area contributed by atoms with Gasteiger partial charge in [-0.3, -0.25) is 4.79 Å². The van der Waals surface area contributed by atoms with Crippen molar-refractivity contribution in [1.82, 2.24) is 5.32 Å². The largest absolute Gasteiger partial charge is 0.356 e. The summed E-state index contributed by atoms with van der Waals surface area (Å²) in [6.07, 6.45) is 9.51. The van der Waals surface area contributed by atoms with E-state index in [1.807, 2.05) is 0 Å². The molecule has 102 valence electrons. The first-order chi connectivity index (χ1) is 8.31. The SMILES string of the molecule is NCCCCCCCNC(=O)CCCCCN. The average molecular weight is 243 g/mol. The van der Waals surface area contributed by atoms with Gasteiger partial charge in [0.1, 0.15) is 0 Å². The highest BCUT2D eigenvalue weighted by Gasteiger charge is 1.99. The molecule has 17 heavy (non-hydrogen) atoms. The molecule has 0 aromatic heterocycles. The van der Waals surface area contributed by atoms with Gasteiger partial charge in [0.2, 0.25) is 5.91 Å². The van der Waals surface area contributed by atoms with Crippen molar-refractivity contribution >= 4 is 5.91 Å². The van der Waals surface area contributed by atoms with Crippen LogP contribution in [0.1, 0.15) is 57.8 Å². The molecule has 0 unspecified atom stereocenters. The van der Waals surface area contributed by atoms with Crippen LogP contribution in [0, 0.1) is 0 Å². The van der Waals surface area contributed by atoms with Gasteiger partial charge in [-0.1, -0.05) is 25.7 Å². The highest BCUT2D eigenvalue weighted by molar-refractivity contribution is 5.75. The van der Waals surface area contributed by atoms with Crippen LogP contribution in [-0.4, -0.2) is 25.5 Å². The van der Waals surface area contributed by atoms with Crippen LogP contribution in [0.25, 0.3) is 0 Å². The highest BCUT2D eigenvalue weighted by Crippen LogP contribution is 2.02. The fourth-order valence-electron chi connectivity index (χ4n) is 1.72. The zero-order valence-electron chi connectivity index (χ0n) is 11.0. The van der Waals surface area contributed by atoms with Crippen molar-refractivity contribution in [3.05, 3.63) is 0 Å². The Morgan fingerprint density at radius 2 is 1.29 bits per heavy atom. The molecule has 0 saturated heterocycles. The Kier molecular flexibility index (Phi) is 13.0. The number of hydrogen-bond acceptors (Lipinski definition) is 3. The summed E-state index contributed by atoms with van der Waals surface area (Å²) in [6, 6.07) is 0. The molecule has 0 fully saturated rings. The lowest BCUT2D eigenvalue weighted by atomic mass is 10.1. The number of unbranched alkanes of at least 4 members (excludes halogenated alkanes) is 6. The maximum atomic E-state index is 11.4. The van der Waals surface area contributed by atoms with Crippen LogP contribution in [0.4, 0.5) is 0 Å². The second-order valence-corrected chi connectivity index (χ2v) is 4.51. The first-order valence-electron chi connectivity index (χ1n) is 6.98. The Morgan fingerprint density at radius 3 is 1.94 bits per heavy atom. The molecule has 0 aliphatic rings. The van der Waals surface area contributed by atoms with Crippen LogP contribution in [0.15, 0.2) is 0 Å². The van der Waals surface area contributed by atoms with Crippen molar-refractivity contribution in [3.63, 3.8) is 0 Å². The second kappa shape index (κ2) is 13.5. The number of rotatable bonds is 12. The topological polar surface area (TPSA) is 81.1 Å². The molecule has 5 N–H and O–H groups in total. The van der Waals surface area contributed by atoms with Crippen LogP contribution in [0.3, 0.4) is 0 Å². The molecular weight excluding hydrogens is 214 g/mol. The number of amides is 1. The van der Waals surface area contributed by atoms with Gasteiger partial charge in [-0.05, 0) is 38.8 Å². The maximum Gasteiger partial charge on any atom is 0.219 e. The summed E-state index contributed by atoms with van der Waals surface area (Å²) in [5.41, 5.74) is 10.8. The van der Waals surface area contributed by atoms with Crippen LogP contribution in [0.2, 0.25) is 0 Å². The molecule has 0 atom stereocenters. The number of nitrogens with two attached hydrogens (primary N) is 2. The van der Waals surface area contributed by atoms with E-state index in [1.165, 1.54) is 19.3 Å². The predicted molar refractivity (Wildman–Crippen MR) is 72.7 cm³/mol. The van der Waals surface area contributed by atoms with E-state index in [2.05, 4.69) is 5.32 Å². The van der Waals surface area contributed by atoms with Crippen molar-refractivity contribution in [1.29, 1.82) is 0 Å². The first kappa shape index (κ1) is 16.4. The zero-order chi connectivity index (χ0) is 12.8. The normalized spacial score (nSPS) is 10.5. The molecule has 0 aliphatic heterocycles. The van der Waals surface area contributed by atoms with E-state index in [1.54, 1.807) is 0 Å². The van der Waals surface area contributed by atoms with E-state index < -0.39 is 0 Å². The van der Waals surface area contributed by atoms with Crippen molar-refractivity contribution in [2.75, 3.05) is 19.6 Å². The standard InChI is InChI=1S/C13H29N3O/c14-10-6-2-1-3-8-12-16-13(17)9-5-4-7-11-15/h1-12,14-15H2,(H,16,17). The van der Waals surface area contributed by atoms with Crippen LogP contribution >= 0.6 is 0 Å². The zero-order valence-corrected chi connectivity index (χ0v) is 11.0. The maximum absolute atomic E-state index is 11.4. The van der Waals surface area contributed by atoms with Gasteiger partial charge >= 0.3 is 0 Å². The number of hydrogen-bond donors (Lipinski definition) is 3. The van der Waals surface area contributed by atoms with Gasteiger partial charge in [0.05, 0.1) is 0 Å². The van der Waals surface area contributed by atoms with Crippen molar-refractivity contribution in [3.8, 4) is 0 Å². The molecule has 4 heteroatoms. The lowest BCUT2D eigenvalue weighted by Gasteiger charge is -2.05. The molecule has 1 amide bonds. The van der Waals surface area contributed by atoms with Gasteiger partial charge in [-0.15, -0.1) is 0 Å². The molecule has 0 aliphatic carbocycles. The number of carbonyl (C=O) groups is 1. The van der Waals surface area contributed by atoms with Crippen LogP contribution < -0.4 is 16.8 Å². The lowest BCUT2D eigenvalue weighted by molar-refractivity contribution is -0.121. The van der Waals surface area contributed by atoms with Crippen molar-refractivity contribution in [2.45, 2.75) is 57.8 Å². The molecule has 4 nitrogen and oxygen atoms in total. The van der Waals surface area contributed by atoms with Gasteiger partial charge in [0, 0.05) is 13.0 Å². The van der Waals surface area contributed by atoms with E-state index in [0.29, 0.717) is 6.42 Å². The molecule has 0 aromatic rings. The minimum atomic E-state index is 0.184. The molecule has 0 bridgehead atoms. The highest BCUT2D eigenvalue weighted by atomic mass is 16.1. The van der Waals surface area contributed by atoms with E-state index in [4.69, 9.17) is 11.5 Å². The van der Waals surface area contributed by atoms with Crippen LogP contribution in [-0.2, 0) is 4.79 Å². The number of nitrogens with one attached hydrogen (secondary N) is 1. The van der Waals surface area contributed by atoms with Gasteiger partial charge in [-0.25, -0.2) is 0 Å².